The van der Waals surface area contributed by atoms with E-state index in [1.165, 1.54) is 14.8 Å². The Labute approximate surface area is 118 Å². The Hall–Kier alpha value is -0.560. The maximum absolute atomic E-state index is 12.5. The average molecular weight is 299 g/mol. The zero-order chi connectivity index (χ0) is 13.3. The van der Waals surface area contributed by atoms with Gasteiger partial charge in [0.25, 0.3) is 0 Å². The number of sulfonamides is 1. The van der Waals surface area contributed by atoms with Crippen LogP contribution in [0.2, 0.25) is 0 Å². The van der Waals surface area contributed by atoms with E-state index < -0.39 is 10.0 Å². The first-order valence-electron chi connectivity index (χ1n) is 6.51. The van der Waals surface area contributed by atoms with Crippen LogP contribution >= 0.6 is 11.8 Å². The van der Waals surface area contributed by atoms with Crippen LogP contribution < -0.4 is 0 Å². The van der Waals surface area contributed by atoms with E-state index in [9.17, 15) is 8.42 Å². The van der Waals surface area contributed by atoms with Crippen LogP contribution in [0.1, 0.15) is 12.0 Å². The van der Waals surface area contributed by atoms with Gasteiger partial charge in [-0.15, -0.1) is 11.8 Å². The van der Waals surface area contributed by atoms with Gasteiger partial charge >= 0.3 is 0 Å². The molecule has 0 N–H and O–H groups in total. The fraction of sp³-hybridized carbons (Fsp3) is 0.538. The van der Waals surface area contributed by atoms with E-state index in [-0.39, 0.29) is 0 Å². The number of aryl methyl sites for hydroxylation is 1. The highest BCUT2D eigenvalue weighted by Gasteiger charge is 2.27. The predicted molar refractivity (Wildman–Crippen MR) is 75.1 cm³/mol. The summed E-state index contributed by atoms with van der Waals surface area (Å²) in [6.45, 7) is 1.88. The fourth-order valence-electron chi connectivity index (χ4n) is 2.43. The second kappa shape index (κ2) is 5.44. The minimum absolute atomic E-state index is 0.427. The van der Waals surface area contributed by atoms with Crippen LogP contribution in [-0.2, 0) is 21.2 Å². The number of morpholine rings is 1. The van der Waals surface area contributed by atoms with Gasteiger partial charge < -0.3 is 4.74 Å². The van der Waals surface area contributed by atoms with E-state index in [4.69, 9.17) is 4.74 Å². The van der Waals surface area contributed by atoms with Crippen molar-refractivity contribution >= 4 is 21.8 Å². The van der Waals surface area contributed by atoms with Gasteiger partial charge in [0.1, 0.15) is 0 Å². The molecule has 0 aromatic heterocycles. The van der Waals surface area contributed by atoms with E-state index in [1.807, 2.05) is 23.9 Å². The molecule has 19 heavy (non-hydrogen) atoms. The summed E-state index contributed by atoms with van der Waals surface area (Å²) in [6.07, 6.45) is 2.10. The van der Waals surface area contributed by atoms with Crippen molar-refractivity contribution in [1.82, 2.24) is 4.31 Å². The highest BCUT2D eigenvalue weighted by Crippen LogP contribution is 2.32. The molecule has 1 saturated heterocycles. The third-order valence-corrected chi connectivity index (χ3v) is 6.58. The van der Waals surface area contributed by atoms with Crippen LogP contribution in [0.5, 0.6) is 0 Å². The zero-order valence-corrected chi connectivity index (χ0v) is 12.3. The number of hydrogen-bond acceptors (Lipinski definition) is 4. The summed E-state index contributed by atoms with van der Waals surface area (Å²) in [4.78, 5) is 1.66. The molecule has 1 aromatic rings. The highest BCUT2D eigenvalue weighted by molar-refractivity contribution is 7.99. The van der Waals surface area contributed by atoms with E-state index in [1.54, 1.807) is 6.07 Å². The Morgan fingerprint density at radius 1 is 1.21 bits per heavy atom. The van der Waals surface area contributed by atoms with Gasteiger partial charge in [0, 0.05) is 18.0 Å². The third-order valence-electron chi connectivity index (χ3n) is 3.49. The van der Waals surface area contributed by atoms with Gasteiger partial charge in [-0.3, -0.25) is 0 Å². The number of hydrogen-bond donors (Lipinski definition) is 0. The molecular weight excluding hydrogens is 282 g/mol. The van der Waals surface area contributed by atoms with Crippen LogP contribution in [0, 0.1) is 0 Å². The van der Waals surface area contributed by atoms with E-state index >= 15 is 0 Å². The Balaban J connectivity index is 1.92. The molecular formula is C13H17NO3S2. The minimum atomic E-state index is -3.35. The van der Waals surface area contributed by atoms with E-state index in [2.05, 4.69) is 0 Å². The molecule has 1 aromatic carbocycles. The van der Waals surface area contributed by atoms with Crippen molar-refractivity contribution in [2.75, 3.05) is 32.1 Å². The van der Waals surface area contributed by atoms with Crippen molar-refractivity contribution < 1.29 is 13.2 Å². The Morgan fingerprint density at radius 3 is 2.79 bits per heavy atom. The van der Waals surface area contributed by atoms with E-state index in [0.717, 1.165) is 18.6 Å². The number of nitrogens with zero attached hydrogens (tertiary/aromatic N) is 1. The number of thioether (sulfide) groups is 1. The molecule has 2 aliphatic rings. The lowest BCUT2D eigenvalue weighted by Crippen LogP contribution is -2.40. The van der Waals surface area contributed by atoms with E-state index in [0.29, 0.717) is 31.2 Å². The van der Waals surface area contributed by atoms with Crippen molar-refractivity contribution in [2.24, 2.45) is 0 Å². The van der Waals surface area contributed by atoms with Gasteiger partial charge in [-0.1, -0.05) is 0 Å². The topological polar surface area (TPSA) is 46.6 Å². The smallest absolute Gasteiger partial charge is 0.243 e. The van der Waals surface area contributed by atoms with Crippen LogP contribution in [-0.4, -0.2) is 44.8 Å². The first-order valence-corrected chi connectivity index (χ1v) is 8.94. The summed E-state index contributed by atoms with van der Waals surface area (Å²) in [7, 11) is -3.35. The molecule has 2 aliphatic heterocycles. The Kier molecular flexibility index (Phi) is 3.84. The second-order valence-corrected chi connectivity index (χ2v) is 7.81. The van der Waals surface area contributed by atoms with Gasteiger partial charge in [-0.05, 0) is 42.4 Å². The van der Waals surface area contributed by atoms with Crippen LogP contribution in [0.4, 0.5) is 0 Å². The normalized spacial score (nSPS) is 21.1. The first kappa shape index (κ1) is 13.4. The molecule has 6 heteroatoms. The largest absolute Gasteiger partial charge is 0.379 e. The van der Waals surface area contributed by atoms with Crippen molar-refractivity contribution in [3.05, 3.63) is 23.8 Å². The van der Waals surface area contributed by atoms with Crippen molar-refractivity contribution in [3.8, 4) is 0 Å². The molecule has 2 heterocycles. The number of fused-ring (bicyclic) bond motifs is 1. The SMILES string of the molecule is O=S(=O)(c1ccc2c(c1)CCCS2)N1CCOCC1. The Bertz CT molecular complexity index is 565. The molecule has 0 unspecified atom stereocenters. The predicted octanol–water partition coefficient (Wildman–Crippen LogP) is 1.75. The fourth-order valence-corrected chi connectivity index (χ4v) is 4.91. The molecule has 0 aliphatic carbocycles. The molecule has 0 radical (unpaired) electrons. The van der Waals surface area contributed by atoms with Gasteiger partial charge in [0.05, 0.1) is 18.1 Å². The lowest BCUT2D eigenvalue weighted by atomic mass is 10.1. The summed E-state index contributed by atoms with van der Waals surface area (Å²) >= 11 is 1.82. The third kappa shape index (κ3) is 2.67. The lowest BCUT2D eigenvalue weighted by Gasteiger charge is -2.26. The first-order chi connectivity index (χ1) is 9.18. The summed E-state index contributed by atoms with van der Waals surface area (Å²) in [5.74, 6) is 1.13. The van der Waals surface area contributed by atoms with Crippen molar-refractivity contribution in [3.63, 3.8) is 0 Å². The van der Waals surface area contributed by atoms with Gasteiger partial charge in [-0.25, -0.2) is 8.42 Å². The number of rotatable bonds is 2. The minimum Gasteiger partial charge on any atom is -0.379 e. The maximum Gasteiger partial charge on any atom is 0.243 e. The van der Waals surface area contributed by atoms with Crippen LogP contribution in [0.25, 0.3) is 0 Å². The van der Waals surface area contributed by atoms with Gasteiger partial charge in [0.15, 0.2) is 0 Å². The lowest BCUT2D eigenvalue weighted by molar-refractivity contribution is 0.0730. The quantitative estimate of drug-likeness (QED) is 0.834. The summed E-state index contributed by atoms with van der Waals surface area (Å²) < 4.78 is 31.8. The molecule has 0 spiro atoms. The molecule has 1 fully saturated rings. The highest BCUT2D eigenvalue weighted by atomic mass is 32.2. The maximum atomic E-state index is 12.5. The number of benzene rings is 1. The Morgan fingerprint density at radius 2 is 2.00 bits per heavy atom. The standard InChI is InChI=1S/C13H17NO3S2/c15-19(16,14-5-7-17-8-6-14)12-3-4-13-11(10-12)2-1-9-18-13/h3-4,10H,1-2,5-9H2. The van der Waals surface area contributed by atoms with Gasteiger partial charge in [-0.2, -0.15) is 4.31 Å². The molecule has 0 amide bonds. The zero-order valence-electron chi connectivity index (χ0n) is 10.7. The summed E-state index contributed by atoms with van der Waals surface area (Å²) in [5.41, 5.74) is 1.17. The average Bonchev–Trinajstić information content (AvgIpc) is 2.47. The van der Waals surface area contributed by atoms with Crippen molar-refractivity contribution in [2.45, 2.75) is 22.6 Å². The molecule has 0 saturated carbocycles. The molecule has 104 valence electrons. The van der Waals surface area contributed by atoms with Crippen LogP contribution in [0.3, 0.4) is 0 Å². The monoisotopic (exact) mass is 299 g/mol. The summed E-state index contributed by atoms with van der Waals surface area (Å²) in [5, 5.41) is 0. The molecule has 0 atom stereocenters. The second-order valence-electron chi connectivity index (χ2n) is 4.74. The molecule has 4 nitrogen and oxygen atoms in total. The van der Waals surface area contributed by atoms with Crippen LogP contribution in [0.15, 0.2) is 28.0 Å². The molecule has 3 rings (SSSR count). The molecule has 0 bridgehead atoms. The van der Waals surface area contributed by atoms with Crippen molar-refractivity contribution in [1.29, 1.82) is 0 Å². The number of ether oxygens (including phenoxy) is 1. The summed E-state index contributed by atoms with van der Waals surface area (Å²) in [6, 6.07) is 5.54. The van der Waals surface area contributed by atoms with Gasteiger partial charge in [0.2, 0.25) is 10.0 Å².